The lowest BCUT2D eigenvalue weighted by molar-refractivity contribution is -0.122. The maximum atomic E-state index is 12.0. The highest BCUT2D eigenvalue weighted by Gasteiger charge is 2.16. The van der Waals surface area contributed by atoms with E-state index < -0.39 is 6.10 Å². The molecule has 0 aliphatic rings. The van der Waals surface area contributed by atoms with Crippen molar-refractivity contribution in [3.63, 3.8) is 0 Å². The Kier molecular flexibility index (Phi) is 4.98. The van der Waals surface area contributed by atoms with Crippen LogP contribution in [0.3, 0.4) is 0 Å². The molecule has 104 valence electrons. The lowest BCUT2D eigenvalue weighted by Crippen LogP contribution is -2.30. The quantitative estimate of drug-likeness (QED) is 0.905. The number of pyridine rings is 1. The summed E-state index contributed by atoms with van der Waals surface area (Å²) in [4.78, 5) is 16.0. The smallest absolute Gasteiger partial charge is 0.266 e. The molecule has 0 saturated heterocycles. The van der Waals surface area contributed by atoms with E-state index in [0.29, 0.717) is 21.1 Å². The van der Waals surface area contributed by atoms with Crippen LogP contribution in [0.25, 0.3) is 0 Å². The van der Waals surface area contributed by atoms with E-state index in [-0.39, 0.29) is 5.91 Å². The third kappa shape index (κ3) is 3.95. The summed E-state index contributed by atoms with van der Waals surface area (Å²) < 4.78 is 6.29. The number of benzene rings is 1. The Labute approximate surface area is 130 Å². The fourth-order valence-corrected chi connectivity index (χ4v) is 2.26. The molecule has 1 amide bonds. The van der Waals surface area contributed by atoms with E-state index >= 15 is 0 Å². The lowest BCUT2D eigenvalue weighted by atomic mass is 10.3. The zero-order valence-corrected chi connectivity index (χ0v) is 13.0. The van der Waals surface area contributed by atoms with Gasteiger partial charge in [-0.2, -0.15) is 0 Å². The highest BCUT2D eigenvalue weighted by atomic mass is 79.9. The minimum Gasteiger partial charge on any atom is -0.480 e. The van der Waals surface area contributed by atoms with Gasteiger partial charge in [-0.05, 0) is 53.2 Å². The Bertz CT molecular complexity index is 607. The predicted molar refractivity (Wildman–Crippen MR) is 82.1 cm³/mol. The molecular formula is C14H12BrClN2O2. The van der Waals surface area contributed by atoms with E-state index in [1.54, 1.807) is 49.5 Å². The minimum absolute atomic E-state index is 0.273. The van der Waals surface area contributed by atoms with Gasteiger partial charge in [0.15, 0.2) is 6.10 Å². The monoisotopic (exact) mass is 354 g/mol. The Hall–Kier alpha value is -1.59. The van der Waals surface area contributed by atoms with Crippen LogP contribution in [0.5, 0.6) is 5.75 Å². The number of carbonyl (C=O) groups excluding carboxylic acids is 1. The van der Waals surface area contributed by atoms with Gasteiger partial charge in [-0.15, -0.1) is 0 Å². The molecule has 4 nitrogen and oxygen atoms in total. The Morgan fingerprint density at radius 2 is 2.20 bits per heavy atom. The summed E-state index contributed by atoms with van der Waals surface area (Å²) in [6.07, 6.45) is 0.950. The van der Waals surface area contributed by atoms with Gasteiger partial charge in [0, 0.05) is 11.2 Å². The summed E-state index contributed by atoms with van der Waals surface area (Å²) in [5, 5.41) is 3.27. The lowest BCUT2D eigenvalue weighted by Gasteiger charge is -2.15. The number of amides is 1. The van der Waals surface area contributed by atoms with Crippen molar-refractivity contribution in [2.75, 3.05) is 5.32 Å². The van der Waals surface area contributed by atoms with Crippen LogP contribution in [0, 0.1) is 0 Å². The molecule has 1 aromatic carbocycles. The fraction of sp³-hybridized carbons (Fsp3) is 0.143. The molecule has 0 saturated carbocycles. The number of carbonyl (C=O) groups is 1. The molecule has 20 heavy (non-hydrogen) atoms. The summed E-state index contributed by atoms with van der Waals surface area (Å²) in [6, 6.07) is 10.4. The number of nitrogens with zero attached hydrogens (tertiary/aromatic N) is 1. The van der Waals surface area contributed by atoms with Gasteiger partial charge in [-0.25, -0.2) is 4.98 Å². The maximum Gasteiger partial charge on any atom is 0.266 e. The second-order valence-electron chi connectivity index (χ2n) is 4.04. The van der Waals surface area contributed by atoms with Gasteiger partial charge < -0.3 is 10.1 Å². The molecule has 2 aromatic rings. The van der Waals surface area contributed by atoms with Crippen molar-refractivity contribution in [3.8, 4) is 5.75 Å². The minimum atomic E-state index is -0.658. The summed E-state index contributed by atoms with van der Waals surface area (Å²) in [7, 11) is 0. The number of hydrogen-bond acceptors (Lipinski definition) is 3. The van der Waals surface area contributed by atoms with Gasteiger partial charge in [0.05, 0.1) is 4.47 Å². The van der Waals surface area contributed by atoms with E-state index in [9.17, 15) is 4.79 Å². The summed E-state index contributed by atoms with van der Waals surface area (Å²) in [5.41, 5.74) is 0. The van der Waals surface area contributed by atoms with Crippen molar-refractivity contribution in [2.24, 2.45) is 0 Å². The number of rotatable bonds is 4. The molecule has 1 heterocycles. The third-order valence-corrected chi connectivity index (χ3v) is 3.34. The van der Waals surface area contributed by atoms with Crippen molar-refractivity contribution < 1.29 is 9.53 Å². The average molecular weight is 356 g/mol. The zero-order chi connectivity index (χ0) is 14.5. The van der Waals surface area contributed by atoms with Crippen molar-refractivity contribution in [2.45, 2.75) is 13.0 Å². The molecule has 0 bridgehead atoms. The summed E-state index contributed by atoms with van der Waals surface area (Å²) in [5.74, 6) is 0.770. The summed E-state index contributed by atoms with van der Waals surface area (Å²) in [6.45, 7) is 1.67. The number of nitrogens with one attached hydrogen (secondary N) is 1. The van der Waals surface area contributed by atoms with Crippen molar-refractivity contribution in [3.05, 3.63) is 52.1 Å². The van der Waals surface area contributed by atoms with Crippen LogP contribution < -0.4 is 10.1 Å². The molecule has 0 fully saturated rings. The van der Waals surface area contributed by atoms with E-state index in [2.05, 4.69) is 26.2 Å². The second kappa shape index (κ2) is 6.72. The number of hydrogen-bond donors (Lipinski definition) is 1. The van der Waals surface area contributed by atoms with Gasteiger partial charge in [0.1, 0.15) is 11.6 Å². The third-order valence-electron chi connectivity index (χ3n) is 2.48. The standard InChI is InChI=1S/C14H12BrClN2O2/c1-9(14(19)18-13-4-2-3-7-17-13)20-12-6-5-10(16)8-11(12)15/h2-9H,1H3,(H,17,18,19). The van der Waals surface area contributed by atoms with Crippen LogP contribution in [0.4, 0.5) is 5.82 Å². The first-order chi connectivity index (χ1) is 9.56. The largest absolute Gasteiger partial charge is 0.480 e. The highest BCUT2D eigenvalue weighted by Crippen LogP contribution is 2.28. The SMILES string of the molecule is CC(Oc1ccc(Cl)cc1Br)C(=O)Nc1ccccn1. The molecule has 0 spiro atoms. The van der Waals surface area contributed by atoms with Crippen LogP contribution in [0.2, 0.25) is 5.02 Å². The molecule has 1 unspecified atom stereocenters. The van der Waals surface area contributed by atoms with Crippen LogP contribution in [0.1, 0.15) is 6.92 Å². The first-order valence-corrected chi connectivity index (χ1v) is 7.07. The second-order valence-corrected chi connectivity index (χ2v) is 5.33. The van der Waals surface area contributed by atoms with Crippen molar-refractivity contribution in [1.82, 2.24) is 4.98 Å². The van der Waals surface area contributed by atoms with Crippen LogP contribution in [-0.4, -0.2) is 17.0 Å². The highest BCUT2D eigenvalue weighted by molar-refractivity contribution is 9.10. The summed E-state index contributed by atoms with van der Waals surface area (Å²) >= 11 is 9.19. The van der Waals surface area contributed by atoms with Crippen LogP contribution in [-0.2, 0) is 4.79 Å². The number of halogens is 2. The molecule has 1 N–H and O–H groups in total. The van der Waals surface area contributed by atoms with Gasteiger partial charge >= 0.3 is 0 Å². The Balaban J connectivity index is 2.00. The van der Waals surface area contributed by atoms with Crippen LogP contribution >= 0.6 is 27.5 Å². The zero-order valence-electron chi connectivity index (χ0n) is 10.6. The molecule has 6 heteroatoms. The molecule has 0 aliphatic heterocycles. The number of aromatic nitrogens is 1. The molecule has 1 aromatic heterocycles. The van der Waals surface area contributed by atoms with Gasteiger partial charge in [-0.1, -0.05) is 17.7 Å². The van der Waals surface area contributed by atoms with Gasteiger partial charge in [-0.3, -0.25) is 4.79 Å². The number of anilines is 1. The molecule has 0 aliphatic carbocycles. The van der Waals surface area contributed by atoms with E-state index in [0.717, 1.165) is 0 Å². The first kappa shape index (κ1) is 14.8. The number of ether oxygens (including phenoxy) is 1. The normalized spacial score (nSPS) is 11.8. The average Bonchev–Trinajstić information content (AvgIpc) is 2.43. The molecule has 1 atom stereocenters. The topological polar surface area (TPSA) is 51.2 Å². The maximum absolute atomic E-state index is 12.0. The molecular weight excluding hydrogens is 344 g/mol. The Morgan fingerprint density at radius 3 is 2.85 bits per heavy atom. The van der Waals surface area contributed by atoms with Crippen molar-refractivity contribution >= 4 is 39.3 Å². The van der Waals surface area contributed by atoms with E-state index in [1.807, 2.05) is 0 Å². The Morgan fingerprint density at radius 1 is 1.40 bits per heavy atom. The van der Waals surface area contributed by atoms with Crippen LogP contribution in [0.15, 0.2) is 47.1 Å². The first-order valence-electron chi connectivity index (χ1n) is 5.90. The van der Waals surface area contributed by atoms with E-state index in [1.165, 1.54) is 0 Å². The van der Waals surface area contributed by atoms with E-state index in [4.69, 9.17) is 16.3 Å². The van der Waals surface area contributed by atoms with Gasteiger partial charge in [0.25, 0.3) is 5.91 Å². The molecule has 2 rings (SSSR count). The fourth-order valence-electron chi connectivity index (χ4n) is 1.48. The molecule has 0 radical (unpaired) electrons. The van der Waals surface area contributed by atoms with Crippen molar-refractivity contribution in [1.29, 1.82) is 0 Å². The van der Waals surface area contributed by atoms with Gasteiger partial charge in [0.2, 0.25) is 0 Å². The predicted octanol–water partition coefficient (Wildman–Crippen LogP) is 3.90.